The summed E-state index contributed by atoms with van der Waals surface area (Å²) in [5.74, 6) is 0.270. The summed E-state index contributed by atoms with van der Waals surface area (Å²) >= 11 is 4.92. The number of hydrogen-bond acceptors (Lipinski definition) is 5. The third kappa shape index (κ3) is 3.43. The molecule has 0 spiro atoms. The minimum atomic E-state index is 0.187. The molecule has 0 fully saturated rings. The Labute approximate surface area is 95.5 Å². The van der Waals surface area contributed by atoms with E-state index in [1.54, 1.807) is 18.0 Å². The van der Waals surface area contributed by atoms with Crippen LogP contribution in [0.3, 0.4) is 0 Å². The molecule has 1 heterocycles. The number of thioether (sulfide) groups is 1. The average molecular weight is 278 g/mol. The van der Waals surface area contributed by atoms with E-state index < -0.39 is 0 Å². The molecule has 1 aromatic heterocycles. The third-order valence-electron chi connectivity index (χ3n) is 1.58. The van der Waals surface area contributed by atoms with Gasteiger partial charge in [0.15, 0.2) is 0 Å². The van der Waals surface area contributed by atoms with Crippen molar-refractivity contribution in [3.05, 3.63) is 10.7 Å². The number of aliphatic hydroxyl groups excluding tert-OH is 1. The smallest absolute Gasteiger partial charge is 0.221 e. The number of anilines is 1. The van der Waals surface area contributed by atoms with Gasteiger partial charge in [0.1, 0.15) is 5.03 Å². The first-order chi connectivity index (χ1) is 6.63. The summed E-state index contributed by atoms with van der Waals surface area (Å²) in [6.45, 7) is 2.22. The van der Waals surface area contributed by atoms with E-state index in [9.17, 15) is 0 Å². The highest BCUT2D eigenvalue weighted by atomic mass is 79.9. The van der Waals surface area contributed by atoms with Gasteiger partial charge in [-0.05, 0) is 22.4 Å². The third-order valence-corrected chi connectivity index (χ3v) is 3.59. The molecule has 4 nitrogen and oxygen atoms in total. The van der Waals surface area contributed by atoms with Crippen LogP contribution in [0.2, 0.25) is 0 Å². The molecule has 14 heavy (non-hydrogen) atoms. The van der Waals surface area contributed by atoms with Gasteiger partial charge in [-0.25, -0.2) is 9.97 Å². The van der Waals surface area contributed by atoms with Crippen molar-refractivity contribution in [3.63, 3.8) is 0 Å². The molecule has 6 heteroatoms. The van der Waals surface area contributed by atoms with Crippen molar-refractivity contribution in [2.45, 2.75) is 23.6 Å². The van der Waals surface area contributed by atoms with E-state index >= 15 is 0 Å². The molecule has 0 aromatic carbocycles. The van der Waals surface area contributed by atoms with E-state index in [0.717, 1.165) is 15.9 Å². The van der Waals surface area contributed by atoms with Crippen LogP contribution in [-0.4, -0.2) is 26.9 Å². The SMILES string of the molecule is CC(CCO)Sc1nc(N)ncc1Br. The lowest BCUT2D eigenvalue weighted by Crippen LogP contribution is -2.02. The second-order valence-corrected chi connectivity index (χ2v) is 5.10. The first kappa shape index (κ1) is 11.7. The maximum atomic E-state index is 8.76. The Morgan fingerprint density at radius 3 is 3.07 bits per heavy atom. The average Bonchev–Trinajstić information content (AvgIpc) is 2.12. The van der Waals surface area contributed by atoms with Crippen molar-refractivity contribution in [1.82, 2.24) is 9.97 Å². The van der Waals surface area contributed by atoms with E-state index in [2.05, 4.69) is 25.9 Å². The first-order valence-corrected chi connectivity index (χ1v) is 5.86. The molecule has 1 atom stereocenters. The first-order valence-electron chi connectivity index (χ1n) is 4.19. The van der Waals surface area contributed by atoms with Gasteiger partial charge in [-0.1, -0.05) is 6.92 Å². The summed E-state index contributed by atoms with van der Waals surface area (Å²) in [6, 6.07) is 0. The fourth-order valence-electron chi connectivity index (χ4n) is 0.878. The zero-order chi connectivity index (χ0) is 10.6. The van der Waals surface area contributed by atoms with E-state index in [1.165, 1.54) is 0 Å². The van der Waals surface area contributed by atoms with Crippen LogP contribution in [0.25, 0.3) is 0 Å². The maximum Gasteiger partial charge on any atom is 0.221 e. The normalized spacial score (nSPS) is 12.8. The highest BCUT2D eigenvalue weighted by Gasteiger charge is 2.09. The lowest BCUT2D eigenvalue weighted by Gasteiger charge is -2.09. The fourth-order valence-corrected chi connectivity index (χ4v) is 2.27. The molecule has 1 aromatic rings. The Bertz CT molecular complexity index is 311. The van der Waals surface area contributed by atoms with Crippen LogP contribution in [0, 0.1) is 0 Å². The summed E-state index contributed by atoms with van der Waals surface area (Å²) in [6.07, 6.45) is 2.37. The Balaban J connectivity index is 2.70. The molecule has 1 unspecified atom stereocenters. The van der Waals surface area contributed by atoms with E-state index in [-0.39, 0.29) is 12.6 Å². The van der Waals surface area contributed by atoms with Crippen LogP contribution >= 0.6 is 27.7 Å². The van der Waals surface area contributed by atoms with E-state index in [0.29, 0.717) is 5.25 Å². The molecular weight excluding hydrogens is 266 g/mol. The van der Waals surface area contributed by atoms with Crippen molar-refractivity contribution in [2.75, 3.05) is 12.3 Å². The highest BCUT2D eigenvalue weighted by molar-refractivity contribution is 9.10. The zero-order valence-corrected chi connectivity index (χ0v) is 10.2. The van der Waals surface area contributed by atoms with Gasteiger partial charge in [0.2, 0.25) is 5.95 Å². The molecule has 0 bridgehead atoms. The topological polar surface area (TPSA) is 72.0 Å². The lowest BCUT2D eigenvalue weighted by molar-refractivity contribution is 0.289. The Morgan fingerprint density at radius 2 is 2.43 bits per heavy atom. The van der Waals surface area contributed by atoms with E-state index in [4.69, 9.17) is 10.8 Å². The Kier molecular flexibility index (Phi) is 4.64. The van der Waals surface area contributed by atoms with E-state index in [1.807, 2.05) is 6.92 Å². The van der Waals surface area contributed by atoms with Gasteiger partial charge in [0, 0.05) is 18.1 Å². The van der Waals surface area contributed by atoms with Crippen molar-refractivity contribution in [2.24, 2.45) is 0 Å². The van der Waals surface area contributed by atoms with Crippen molar-refractivity contribution in [1.29, 1.82) is 0 Å². The molecule has 0 saturated carbocycles. The number of rotatable bonds is 4. The second-order valence-electron chi connectivity index (χ2n) is 2.82. The number of aliphatic hydroxyl groups is 1. The molecule has 0 amide bonds. The molecule has 0 aliphatic rings. The minimum Gasteiger partial charge on any atom is -0.396 e. The van der Waals surface area contributed by atoms with Crippen molar-refractivity contribution in [3.8, 4) is 0 Å². The molecule has 0 radical (unpaired) electrons. The number of nitrogens with two attached hydrogens (primary N) is 1. The predicted molar refractivity (Wildman–Crippen MR) is 61.2 cm³/mol. The molecular formula is C8H12BrN3OS. The molecule has 0 saturated heterocycles. The van der Waals surface area contributed by atoms with Gasteiger partial charge < -0.3 is 10.8 Å². The molecule has 0 aliphatic heterocycles. The summed E-state index contributed by atoms with van der Waals surface area (Å²) in [7, 11) is 0. The van der Waals surface area contributed by atoms with Crippen LogP contribution in [-0.2, 0) is 0 Å². The minimum absolute atomic E-state index is 0.187. The van der Waals surface area contributed by atoms with Crippen LogP contribution in [0.5, 0.6) is 0 Å². The standard InChI is InChI=1S/C8H12BrN3OS/c1-5(2-3-13)14-7-6(9)4-11-8(10)12-7/h4-5,13H,2-3H2,1H3,(H2,10,11,12). The summed E-state index contributed by atoms with van der Waals surface area (Å²) in [4.78, 5) is 7.95. The number of aromatic nitrogens is 2. The number of nitrogens with zero attached hydrogens (tertiary/aromatic N) is 2. The monoisotopic (exact) mass is 277 g/mol. The quantitative estimate of drug-likeness (QED) is 0.647. The molecule has 1 rings (SSSR count). The predicted octanol–water partition coefficient (Wildman–Crippen LogP) is 1.68. The van der Waals surface area contributed by atoms with Crippen LogP contribution in [0.4, 0.5) is 5.95 Å². The van der Waals surface area contributed by atoms with Gasteiger partial charge in [0.25, 0.3) is 0 Å². The Hall–Kier alpha value is -0.330. The summed E-state index contributed by atoms with van der Waals surface area (Å²) < 4.78 is 0.835. The Morgan fingerprint density at radius 1 is 1.71 bits per heavy atom. The molecule has 3 N–H and O–H groups in total. The van der Waals surface area contributed by atoms with Gasteiger partial charge in [-0.3, -0.25) is 0 Å². The second kappa shape index (κ2) is 5.53. The van der Waals surface area contributed by atoms with Gasteiger partial charge in [0.05, 0.1) is 4.47 Å². The fraction of sp³-hybridized carbons (Fsp3) is 0.500. The lowest BCUT2D eigenvalue weighted by atomic mass is 10.3. The molecule has 0 aliphatic carbocycles. The zero-order valence-electron chi connectivity index (χ0n) is 7.77. The number of nitrogen functional groups attached to an aromatic ring is 1. The van der Waals surface area contributed by atoms with Gasteiger partial charge in [-0.15, -0.1) is 11.8 Å². The largest absolute Gasteiger partial charge is 0.396 e. The summed E-state index contributed by atoms with van der Waals surface area (Å²) in [5.41, 5.74) is 5.47. The van der Waals surface area contributed by atoms with Crippen LogP contribution in [0.1, 0.15) is 13.3 Å². The number of hydrogen-bond donors (Lipinski definition) is 2. The van der Waals surface area contributed by atoms with Gasteiger partial charge in [-0.2, -0.15) is 0 Å². The number of halogens is 1. The molecule has 78 valence electrons. The van der Waals surface area contributed by atoms with Crippen LogP contribution in [0.15, 0.2) is 15.7 Å². The summed E-state index contributed by atoms with van der Waals surface area (Å²) in [5, 5.41) is 9.88. The van der Waals surface area contributed by atoms with Crippen molar-refractivity contribution < 1.29 is 5.11 Å². The van der Waals surface area contributed by atoms with Gasteiger partial charge >= 0.3 is 0 Å². The highest BCUT2D eigenvalue weighted by Crippen LogP contribution is 2.29. The van der Waals surface area contributed by atoms with Crippen LogP contribution < -0.4 is 5.73 Å². The maximum absolute atomic E-state index is 8.76. The van der Waals surface area contributed by atoms with Crippen molar-refractivity contribution >= 4 is 33.6 Å².